The Labute approximate surface area is 170 Å². The first-order chi connectivity index (χ1) is 13.9. The molecule has 1 N–H and O–H groups in total. The van der Waals surface area contributed by atoms with Crippen LogP contribution in [0, 0.1) is 6.92 Å². The zero-order chi connectivity index (χ0) is 20.6. The molecule has 0 aliphatic carbocycles. The fourth-order valence-corrected chi connectivity index (χ4v) is 5.14. The minimum Gasteiger partial charge on any atom is -0.419 e. The van der Waals surface area contributed by atoms with Crippen molar-refractivity contribution in [2.45, 2.75) is 38.1 Å². The molecule has 9 heteroatoms. The highest BCUT2D eigenvalue weighted by Crippen LogP contribution is 2.27. The maximum Gasteiger partial charge on any atom is 0.264 e. The molecular weight excluding hydrogens is 390 g/mol. The van der Waals surface area contributed by atoms with E-state index in [1.54, 1.807) is 10.4 Å². The molecule has 0 amide bonds. The molecule has 29 heavy (non-hydrogen) atoms. The highest BCUT2D eigenvalue weighted by atomic mass is 32.2. The number of aromatic amines is 1. The largest absolute Gasteiger partial charge is 0.419 e. The van der Waals surface area contributed by atoms with Gasteiger partial charge in [0.15, 0.2) is 0 Å². The predicted molar refractivity (Wildman–Crippen MR) is 110 cm³/mol. The van der Waals surface area contributed by atoms with Crippen LogP contribution in [-0.4, -0.2) is 53.6 Å². The molecule has 0 spiro atoms. The molecule has 1 atom stereocenters. The van der Waals surface area contributed by atoms with Gasteiger partial charge in [-0.25, -0.2) is 8.42 Å². The first kappa shape index (κ1) is 19.7. The summed E-state index contributed by atoms with van der Waals surface area (Å²) in [4.78, 5) is 5.41. The molecule has 2 aromatic heterocycles. The number of hydrogen-bond acceptors (Lipinski definition) is 6. The van der Waals surface area contributed by atoms with E-state index in [1.165, 1.54) is 11.8 Å². The van der Waals surface area contributed by atoms with Gasteiger partial charge >= 0.3 is 0 Å². The molecule has 0 unspecified atom stereocenters. The van der Waals surface area contributed by atoms with Gasteiger partial charge in [0.05, 0.1) is 0 Å². The number of nitrogens with zero attached hydrogens (tertiary/aromatic N) is 4. The molecule has 1 aromatic carbocycles. The predicted octanol–water partition coefficient (Wildman–Crippen LogP) is 2.83. The van der Waals surface area contributed by atoms with Gasteiger partial charge in [-0.3, -0.25) is 0 Å². The second-order valence-corrected chi connectivity index (χ2v) is 9.29. The number of hydrogen-bond donors (Lipinski definition) is 1. The number of benzene rings is 1. The second kappa shape index (κ2) is 7.64. The zero-order valence-corrected chi connectivity index (χ0v) is 17.6. The molecule has 154 valence electrons. The Morgan fingerprint density at radius 3 is 2.76 bits per heavy atom. The molecule has 1 aliphatic heterocycles. The lowest BCUT2D eigenvalue weighted by atomic mass is 10.1. The van der Waals surface area contributed by atoms with Crippen LogP contribution in [0.1, 0.15) is 25.3 Å². The maximum absolute atomic E-state index is 13.2. The third kappa shape index (κ3) is 3.79. The van der Waals surface area contributed by atoms with Crippen molar-refractivity contribution in [1.29, 1.82) is 0 Å². The molecule has 1 fully saturated rings. The van der Waals surface area contributed by atoms with Crippen LogP contribution < -0.4 is 4.90 Å². The number of piperazine rings is 1. The van der Waals surface area contributed by atoms with E-state index < -0.39 is 10.0 Å². The van der Waals surface area contributed by atoms with Crippen molar-refractivity contribution in [2.75, 3.05) is 24.5 Å². The van der Waals surface area contributed by atoms with E-state index in [-0.39, 0.29) is 10.9 Å². The summed E-state index contributed by atoms with van der Waals surface area (Å²) in [6.45, 7) is 7.53. The standard InChI is InChI=1S/C20H25N5O3S/c1-4-19-22-23-20(28-19)18-11-17(12-21-18)29(26,27)24-8-9-25(15(3)13-24)16-7-5-6-14(2)10-16/h5-7,10-12,15,21H,4,8-9,13H2,1-3H3/t15-/m0/s1. The highest BCUT2D eigenvalue weighted by Gasteiger charge is 2.33. The number of nitrogens with one attached hydrogen (secondary N) is 1. The molecule has 0 saturated carbocycles. The van der Waals surface area contributed by atoms with E-state index in [9.17, 15) is 8.42 Å². The fraction of sp³-hybridized carbons (Fsp3) is 0.400. The van der Waals surface area contributed by atoms with Gasteiger partial charge in [-0.1, -0.05) is 19.1 Å². The Morgan fingerprint density at radius 2 is 2.07 bits per heavy atom. The van der Waals surface area contributed by atoms with Crippen LogP contribution in [0.5, 0.6) is 0 Å². The third-order valence-corrected chi connectivity index (χ3v) is 7.06. The topological polar surface area (TPSA) is 95.3 Å². The van der Waals surface area contributed by atoms with Crippen LogP contribution in [0.2, 0.25) is 0 Å². The van der Waals surface area contributed by atoms with Gasteiger partial charge in [0.2, 0.25) is 15.9 Å². The van der Waals surface area contributed by atoms with Crippen molar-refractivity contribution in [2.24, 2.45) is 0 Å². The average Bonchev–Trinajstić information content (AvgIpc) is 3.37. The summed E-state index contributed by atoms with van der Waals surface area (Å²) in [5.74, 6) is 0.807. The molecule has 1 aliphatic rings. The van der Waals surface area contributed by atoms with Crippen molar-refractivity contribution >= 4 is 15.7 Å². The first-order valence-corrected chi connectivity index (χ1v) is 11.2. The number of sulfonamides is 1. The summed E-state index contributed by atoms with van der Waals surface area (Å²) in [5.41, 5.74) is 2.82. The van der Waals surface area contributed by atoms with Crippen LogP contribution in [0.4, 0.5) is 5.69 Å². The number of aryl methyl sites for hydroxylation is 2. The average molecular weight is 416 g/mol. The van der Waals surface area contributed by atoms with Crippen molar-refractivity contribution in [3.05, 3.63) is 48.0 Å². The second-order valence-electron chi connectivity index (χ2n) is 7.35. The SMILES string of the molecule is CCc1nnc(-c2cc(S(=O)(=O)N3CCN(c4cccc(C)c4)[C@@H](C)C3)c[nH]2)o1. The Bertz CT molecular complexity index is 1100. The quantitative estimate of drug-likeness (QED) is 0.688. The Balaban J connectivity index is 1.51. The smallest absolute Gasteiger partial charge is 0.264 e. The highest BCUT2D eigenvalue weighted by molar-refractivity contribution is 7.89. The molecule has 4 rings (SSSR count). The van der Waals surface area contributed by atoms with E-state index in [0.717, 1.165) is 5.69 Å². The third-order valence-electron chi connectivity index (χ3n) is 5.22. The van der Waals surface area contributed by atoms with Gasteiger partial charge in [0, 0.05) is 44.0 Å². The summed E-state index contributed by atoms with van der Waals surface area (Å²) < 4.78 is 33.4. The summed E-state index contributed by atoms with van der Waals surface area (Å²) in [6, 6.07) is 9.92. The van der Waals surface area contributed by atoms with Crippen molar-refractivity contribution < 1.29 is 12.8 Å². The summed E-state index contributed by atoms with van der Waals surface area (Å²) in [7, 11) is -3.61. The number of H-pyrrole nitrogens is 1. The minimum absolute atomic E-state index is 0.0711. The van der Waals surface area contributed by atoms with Crippen LogP contribution in [0.3, 0.4) is 0 Å². The van der Waals surface area contributed by atoms with Crippen LogP contribution in [0.25, 0.3) is 11.6 Å². The molecule has 3 aromatic rings. The molecule has 0 radical (unpaired) electrons. The number of aromatic nitrogens is 3. The van der Waals surface area contributed by atoms with E-state index >= 15 is 0 Å². The summed E-state index contributed by atoms with van der Waals surface area (Å²) in [6.07, 6.45) is 2.11. The molecule has 8 nitrogen and oxygen atoms in total. The molecule has 1 saturated heterocycles. The number of anilines is 1. The lowest BCUT2D eigenvalue weighted by Crippen LogP contribution is -2.53. The lowest BCUT2D eigenvalue weighted by Gasteiger charge is -2.40. The van der Waals surface area contributed by atoms with E-state index in [2.05, 4.69) is 52.1 Å². The van der Waals surface area contributed by atoms with Crippen molar-refractivity contribution in [3.63, 3.8) is 0 Å². The van der Waals surface area contributed by atoms with Gasteiger partial charge in [0.25, 0.3) is 5.89 Å². The summed E-state index contributed by atoms with van der Waals surface area (Å²) in [5, 5.41) is 7.89. The summed E-state index contributed by atoms with van der Waals surface area (Å²) >= 11 is 0. The van der Waals surface area contributed by atoms with E-state index in [4.69, 9.17) is 4.42 Å². The fourth-order valence-electron chi connectivity index (χ4n) is 3.63. The lowest BCUT2D eigenvalue weighted by molar-refractivity contribution is 0.342. The van der Waals surface area contributed by atoms with E-state index in [1.807, 2.05) is 13.0 Å². The van der Waals surface area contributed by atoms with Gasteiger partial charge in [-0.2, -0.15) is 4.31 Å². The molecular formula is C20H25N5O3S. The van der Waals surface area contributed by atoms with Gasteiger partial charge < -0.3 is 14.3 Å². The van der Waals surface area contributed by atoms with Crippen LogP contribution in [-0.2, 0) is 16.4 Å². The van der Waals surface area contributed by atoms with Gasteiger partial charge in [-0.05, 0) is 37.6 Å². The van der Waals surface area contributed by atoms with Crippen LogP contribution >= 0.6 is 0 Å². The van der Waals surface area contributed by atoms with E-state index in [0.29, 0.717) is 43.5 Å². The Morgan fingerprint density at radius 1 is 1.24 bits per heavy atom. The normalized spacial score (nSPS) is 18.3. The Kier molecular flexibility index (Phi) is 5.18. The Hall–Kier alpha value is -2.65. The minimum atomic E-state index is -3.61. The van der Waals surface area contributed by atoms with Crippen molar-refractivity contribution in [3.8, 4) is 11.6 Å². The molecule has 3 heterocycles. The van der Waals surface area contributed by atoms with Gasteiger partial charge in [-0.15, -0.1) is 10.2 Å². The first-order valence-electron chi connectivity index (χ1n) is 9.73. The van der Waals surface area contributed by atoms with Crippen LogP contribution in [0.15, 0.2) is 45.8 Å². The maximum atomic E-state index is 13.2. The van der Waals surface area contributed by atoms with Gasteiger partial charge in [0.1, 0.15) is 10.6 Å². The number of rotatable bonds is 5. The monoisotopic (exact) mass is 415 g/mol. The van der Waals surface area contributed by atoms with Crippen molar-refractivity contribution in [1.82, 2.24) is 19.5 Å². The molecule has 0 bridgehead atoms. The zero-order valence-electron chi connectivity index (χ0n) is 16.8.